The fraction of sp³-hybridized carbons (Fsp3) is 0.441. The maximum absolute atomic E-state index is 14.3. The Balaban J connectivity index is 1.66. The molecule has 248 valence electrons. The van der Waals surface area contributed by atoms with Gasteiger partial charge in [-0.3, -0.25) is 19.3 Å². The first-order chi connectivity index (χ1) is 22.0. The summed E-state index contributed by atoms with van der Waals surface area (Å²) in [7, 11) is -2.20. The Bertz CT molecular complexity index is 1560. The van der Waals surface area contributed by atoms with Crippen LogP contribution in [0.15, 0.2) is 78.0 Å². The second-order valence-corrected chi connectivity index (χ2v) is 13.5. The number of carbonyl (C=O) groups excluding carboxylic acids is 2. The highest BCUT2D eigenvalue weighted by molar-refractivity contribution is 7.92. The number of aromatic nitrogens is 1. The molecule has 2 heterocycles. The summed E-state index contributed by atoms with van der Waals surface area (Å²) >= 11 is 0. The van der Waals surface area contributed by atoms with Crippen molar-refractivity contribution in [3.05, 3.63) is 84.2 Å². The highest BCUT2D eigenvalue weighted by atomic mass is 32.2. The molecule has 0 saturated carbocycles. The molecule has 0 spiro atoms. The van der Waals surface area contributed by atoms with Crippen LogP contribution >= 0.6 is 0 Å². The van der Waals surface area contributed by atoms with Gasteiger partial charge in [-0.1, -0.05) is 25.1 Å². The Morgan fingerprint density at radius 2 is 1.83 bits per heavy atom. The lowest BCUT2D eigenvalue weighted by atomic mass is 10.0. The van der Waals surface area contributed by atoms with Crippen molar-refractivity contribution in [1.29, 1.82) is 0 Å². The number of hydrogen-bond acceptors (Lipinski definition) is 8. The number of nitrogens with one attached hydrogen (secondary N) is 1. The molecule has 1 aliphatic rings. The van der Waals surface area contributed by atoms with Crippen molar-refractivity contribution >= 4 is 27.5 Å². The van der Waals surface area contributed by atoms with E-state index in [1.165, 1.54) is 18.2 Å². The number of nitrogens with zero attached hydrogens (tertiary/aromatic N) is 3. The summed E-state index contributed by atoms with van der Waals surface area (Å²) in [6.45, 7) is 6.30. The van der Waals surface area contributed by atoms with Gasteiger partial charge in [0.2, 0.25) is 0 Å². The van der Waals surface area contributed by atoms with Crippen LogP contribution in [0.1, 0.15) is 60.7 Å². The fourth-order valence-corrected chi connectivity index (χ4v) is 6.40. The summed E-state index contributed by atoms with van der Waals surface area (Å²) in [5.41, 5.74) is 0.892. The van der Waals surface area contributed by atoms with Crippen molar-refractivity contribution in [1.82, 2.24) is 14.8 Å². The van der Waals surface area contributed by atoms with E-state index in [9.17, 15) is 23.1 Å². The SMILES string of the molecule is C[C@@H]1CCCCO[C@H](CN(C)C(=O)c2ccncc2)[C@H](C)CN([C@H](C)CO)C(=O)c2cc(NS(=O)(=O)c3ccccc3)ccc2O1. The van der Waals surface area contributed by atoms with Gasteiger partial charge >= 0.3 is 0 Å². The van der Waals surface area contributed by atoms with E-state index in [1.54, 1.807) is 78.6 Å². The first-order valence-corrected chi connectivity index (χ1v) is 17.1. The Hall–Kier alpha value is -4.00. The van der Waals surface area contributed by atoms with E-state index >= 15 is 0 Å². The molecule has 0 saturated heterocycles. The second-order valence-electron chi connectivity index (χ2n) is 11.9. The highest BCUT2D eigenvalue weighted by Gasteiger charge is 2.31. The molecule has 0 radical (unpaired) electrons. The average Bonchev–Trinajstić information content (AvgIpc) is 3.06. The number of likely N-dealkylation sites (N-methyl/N-ethyl adjacent to an activating group) is 1. The third-order valence-electron chi connectivity index (χ3n) is 8.09. The van der Waals surface area contributed by atoms with Crippen molar-refractivity contribution in [2.24, 2.45) is 5.92 Å². The van der Waals surface area contributed by atoms with Gasteiger partial charge in [0.25, 0.3) is 21.8 Å². The number of aliphatic hydroxyl groups is 1. The van der Waals surface area contributed by atoms with Gasteiger partial charge in [0.05, 0.1) is 35.3 Å². The number of fused-ring (bicyclic) bond motifs is 1. The van der Waals surface area contributed by atoms with Crippen molar-refractivity contribution in [2.45, 2.75) is 63.2 Å². The monoisotopic (exact) mass is 652 g/mol. The number of carbonyl (C=O) groups is 2. The predicted molar refractivity (Wildman–Crippen MR) is 175 cm³/mol. The molecular formula is C34H44N4O7S. The number of sulfonamides is 1. The molecule has 46 heavy (non-hydrogen) atoms. The number of hydrogen-bond donors (Lipinski definition) is 2. The molecule has 2 amide bonds. The summed E-state index contributed by atoms with van der Waals surface area (Å²) in [6, 6.07) is 15.4. The van der Waals surface area contributed by atoms with Gasteiger partial charge in [-0.25, -0.2) is 8.42 Å². The van der Waals surface area contributed by atoms with E-state index in [0.29, 0.717) is 30.9 Å². The predicted octanol–water partition coefficient (Wildman–Crippen LogP) is 4.45. The van der Waals surface area contributed by atoms with Crippen LogP contribution < -0.4 is 9.46 Å². The van der Waals surface area contributed by atoms with Crippen LogP contribution in [0, 0.1) is 5.92 Å². The van der Waals surface area contributed by atoms with E-state index in [2.05, 4.69) is 9.71 Å². The van der Waals surface area contributed by atoms with Gasteiger partial charge in [-0.15, -0.1) is 0 Å². The molecule has 4 rings (SSSR count). The number of rotatable bonds is 8. The highest BCUT2D eigenvalue weighted by Crippen LogP contribution is 2.29. The molecule has 12 heteroatoms. The van der Waals surface area contributed by atoms with Crippen molar-refractivity contribution < 1.29 is 32.6 Å². The standard InChI is InChI=1S/C34H44N4O7S/c1-24-21-38(25(2)23-39)34(41)30-20-28(36-46(42,43)29-11-6-5-7-12-29)13-14-31(30)45-26(3)10-8-9-19-44-32(24)22-37(4)33(40)27-15-17-35-18-16-27/h5-7,11-18,20,24-26,32,36,39H,8-10,19,21-23H2,1-4H3/t24-,25-,26-,32-/m1/s1. The van der Waals surface area contributed by atoms with Crippen LogP contribution in [-0.2, 0) is 14.8 Å². The Morgan fingerprint density at radius 3 is 2.52 bits per heavy atom. The van der Waals surface area contributed by atoms with Crippen LogP contribution in [0.3, 0.4) is 0 Å². The molecule has 2 N–H and O–H groups in total. The lowest BCUT2D eigenvalue weighted by molar-refractivity contribution is -0.0149. The minimum absolute atomic E-state index is 0.0917. The van der Waals surface area contributed by atoms with E-state index in [0.717, 1.165) is 12.8 Å². The zero-order valence-corrected chi connectivity index (χ0v) is 27.7. The summed E-state index contributed by atoms with van der Waals surface area (Å²) in [5, 5.41) is 10.2. The number of anilines is 1. The third kappa shape index (κ3) is 9.05. The molecule has 0 unspecified atom stereocenters. The molecule has 3 aromatic rings. The topological polar surface area (TPSA) is 138 Å². The number of aliphatic hydroxyl groups excluding tert-OH is 1. The van der Waals surface area contributed by atoms with Crippen LogP contribution in [0.25, 0.3) is 0 Å². The minimum atomic E-state index is -3.91. The van der Waals surface area contributed by atoms with Crippen molar-refractivity contribution in [3.8, 4) is 5.75 Å². The Morgan fingerprint density at radius 1 is 1.11 bits per heavy atom. The summed E-state index contributed by atoms with van der Waals surface area (Å²) in [6.07, 6.45) is 4.81. The molecule has 4 atom stereocenters. The average molecular weight is 653 g/mol. The van der Waals surface area contributed by atoms with Gasteiger partial charge < -0.3 is 24.4 Å². The maximum atomic E-state index is 14.3. The number of ether oxygens (including phenoxy) is 2. The van der Waals surface area contributed by atoms with Gasteiger partial charge in [-0.2, -0.15) is 0 Å². The van der Waals surface area contributed by atoms with Gasteiger partial charge in [0.15, 0.2) is 0 Å². The fourth-order valence-electron chi connectivity index (χ4n) is 5.33. The quantitative estimate of drug-likeness (QED) is 0.364. The third-order valence-corrected chi connectivity index (χ3v) is 9.48. The largest absolute Gasteiger partial charge is 0.490 e. The van der Waals surface area contributed by atoms with Crippen LogP contribution in [-0.4, -0.2) is 91.7 Å². The smallest absolute Gasteiger partial charge is 0.261 e. The molecule has 11 nitrogen and oxygen atoms in total. The number of amides is 2. The van der Waals surface area contributed by atoms with Crippen LogP contribution in [0.4, 0.5) is 5.69 Å². The molecule has 0 bridgehead atoms. The van der Waals surface area contributed by atoms with E-state index in [-0.39, 0.29) is 47.2 Å². The van der Waals surface area contributed by atoms with Crippen LogP contribution in [0.5, 0.6) is 5.75 Å². The first kappa shape index (κ1) is 34.9. The molecular weight excluding hydrogens is 608 g/mol. The normalized spacial score (nSPS) is 20.5. The zero-order valence-electron chi connectivity index (χ0n) is 26.8. The molecule has 2 aromatic carbocycles. The number of benzene rings is 2. The minimum Gasteiger partial charge on any atom is -0.490 e. The lowest BCUT2D eigenvalue weighted by Gasteiger charge is -2.36. The van der Waals surface area contributed by atoms with E-state index < -0.39 is 28.1 Å². The first-order valence-electron chi connectivity index (χ1n) is 15.6. The van der Waals surface area contributed by atoms with Gasteiger partial charge in [0.1, 0.15) is 5.75 Å². The maximum Gasteiger partial charge on any atom is 0.261 e. The lowest BCUT2D eigenvalue weighted by Crippen LogP contribution is -2.48. The molecule has 0 aliphatic carbocycles. The van der Waals surface area contributed by atoms with Gasteiger partial charge in [0, 0.05) is 56.3 Å². The zero-order chi connectivity index (χ0) is 33.3. The molecule has 1 aromatic heterocycles. The molecule has 1 aliphatic heterocycles. The Kier molecular flexibility index (Phi) is 12.1. The second kappa shape index (κ2) is 16.0. The summed E-state index contributed by atoms with van der Waals surface area (Å²) in [4.78, 5) is 34.7. The summed E-state index contributed by atoms with van der Waals surface area (Å²) < 4.78 is 41.3. The Labute approximate surface area is 271 Å². The summed E-state index contributed by atoms with van der Waals surface area (Å²) in [5.74, 6) is -0.500. The van der Waals surface area contributed by atoms with E-state index in [4.69, 9.17) is 9.47 Å². The van der Waals surface area contributed by atoms with Crippen molar-refractivity contribution in [2.75, 3.05) is 38.1 Å². The molecule has 0 fully saturated rings. The van der Waals surface area contributed by atoms with E-state index in [1.807, 2.05) is 13.8 Å². The number of pyridine rings is 1. The van der Waals surface area contributed by atoms with Crippen LogP contribution in [0.2, 0.25) is 0 Å². The van der Waals surface area contributed by atoms with Crippen molar-refractivity contribution in [3.63, 3.8) is 0 Å². The van der Waals surface area contributed by atoms with Gasteiger partial charge in [-0.05, 0) is 75.6 Å².